The van der Waals surface area contributed by atoms with Crippen molar-refractivity contribution in [3.8, 4) is 5.75 Å². The summed E-state index contributed by atoms with van der Waals surface area (Å²) in [5, 5.41) is 25.1. The van der Waals surface area contributed by atoms with Gasteiger partial charge < -0.3 is 20.4 Å². The first kappa shape index (κ1) is 23.7. The normalized spacial score (nSPS) is 20.1. The van der Waals surface area contributed by atoms with Gasteiger partial charge in [0.25, 0.3) is 11.8 Å². The number of amides is 2. The second-order valence-corrected chi connectivity index (χ2v) is 8.83. The van der Waals surface area contributed by atoms with E-state index in [4.69, 9.17) is 0 Å². The molecule has 0 aliphatic carbocycles. The van der Waals surface area contributed by atoms with E-state index in [0.717, 1.165) is 12.3 Å². The molecular weight excluding hydrogens is 450 g/mol. The largest absolute Gasteiger partial charge is 0.502 e. The average molecular weight is 476 g/mol. The SMILES string of the molecule is CC(C)N1C(=O)c2c(O)c(=O)c(C(=O)NCc3ccc(F)cc3F)cn2N2C[C@@H](O)CCC[C@@H]12. The molecule has 0 bridgehead atoms. The van der Waals surface area contributed by atoms with Crippen molar-refractivity contribution in [2.45, 2.75) is 58.0 Å². The van der Waals surface area contributed by atoms with Crippen molar-refractivity contribution in [2.75, 3.05) is 11.6 Å². The lowest BCUT2D eigenvalue weighted by Crippen LogP contribution is -2.63. The fraction of sp³-hybridized carbons (Fsp3) is 0.435. The number of carbonyl (C=O) groups excluding carboxylic acids is 2. The van der Waals surface area contributed by atoms with Gasteiger partial charge in [-0.1, -0.05) is 6.07 Å². The Balaban J connectivity index is 1.74. The fourth-order valence-corrected chi connectivity index (χ4v) is 4.55. The van der Waals surface area contributed by atoms with Crippen LogP contribution in [0.3, 0.4) is 0 Å². The summed E-state index contributed by atoms with van der Waals surface area (Å²) in [6, 6.07) is 2.65. The third-order valence-corrected chi connectivity index (χ3v) is 6.20. The molecule has 0 saturated carbocycles. The van der Waals surface area contributed by atoms with Crippen LogP contribution in [-0.2, 0) is 6.54 Å². The predicted molar refractivity (Wildman–Crippen MR) is 118 cm³/mol. The van der Waals surface area contributed by atoms with E-state index in [1.807, 2.05) is 13.8 Å². The number of carbonyl (C=O) groups is 2. The van der Waals surface area contributed by atoms with Gasteiger partial charge in [0.05, 0.1) is 12.6 Å². The molecule has 2 aliphatic heterocycles. The van der Waals surface area contributed by atoms with Crippen LogP contribution in [0, 0.1) is 11.6 Å². The Morgan fingerprint density at radius 1 is 1.24 bits per heavy atom. The van der Waals surface area contributed by atoms with Crippen LogP contribution in [0.15, 0.2) is 29.2 Å². The molecule has 4 rings (SSSR count). The van der Waals surface area contributed by atoms with Crippen LogP contribution in [0.5, 0.6) is 5.75 Å². The summed E-state index contributed by atoms with van der Waals surface area (Å²) in [4.78, 5) is 40.5. The number of aromatic nitrogens is 1. The molecule has 2 aromatic rings. The number of pyridine rings is 1. The first-order valence-electron chi connectivity index (χ1n) is 11.1. The maximum absolute atomic E-state index is 13.9. The highest BCUT2D eigenvalue weighted by atomic mass is 19.1. The minimum Gasteiger partial charge on any atom is -0.502 e. The quantitative estimate of drug-likeness (QED) is 0.615. The van der Waals surface area contributed by atoms with E-state index < -0.39 is 52.5 Å². The zero-order chi connectivity index (χ0) is 24.7. The monoisotopic (exact) mass is 476 g/mol. The first-order valence-corrected chi connectivity index (χ1v) is 11.1. The molecule has 1 fully saturated rings. The van der Waals surface area contributed by atoms with Crippen LogP contribution in [0.2, 0.25) is 0 Å². The summed E-state index contributed by atoms with van der Waals surface area (Å²) in [7, 11) is 0. The van der Waals surface area contributed by atoms with Gasteiger partial charge in [-0.15, -0.1) is 0 Å². The van der Waals surface area contributed by atoms with E-state index in [0.29, 0.717) is 25.3 Å². The second kappa shape index (κ2) is 9.05. The van der Waals surface area contributed by atoms with Crippen LogP contribution < -0.4 is 15.8 Å². The van der Waals surface area contributed by atoms with E-state index in [1.165, 1.54) is 10.7 Å². The Hall–Kier alpha value is -3.47. The lowest BCUT2D eigenvalue weighted by Gasteiger charge is -2.47. The Kier molecular flexibility index (Phi) is 6.30. The van der Waals surface area contributed by atoms with Crippen molar-refractivity contribution in [1.29, 1.82) is 0 Å². The molecule has 3 N–H and O–H groups in total. The van der Waals surface area contributed by atoms with Gasteiger partial charge in [0, 0.05) is 30.4 Å². The van der Waals surface area contributed by atoms with Crippen molar-refractivity contribution < 1.29 is 28.6 Å². The average Bonchev–Trinajstić information content (AvgIpc) is 2.96. The molecule has 2 atom stereocenters. The maximum Gasteiger partial charge on any atom is 0.278 e. The van der Waals surface area contributed by atoms with Crippen molar-refractivity contribution in [2.24, 2.45) is 0 Å². The number of halogens is 2. The molecule has 0 spiro atoms. The number of aromatic hydroxyl groups is 1. The summed E-state index contributed by atoms with van der Waals surface area (Å²) < 4.78 is 28.3. The lowest BCUT2D eigenvalue weighted by molar-refractivity contribution is 0.0460. The van der Waals surface area contributed by atoms with E-state index in [-0.39, 0.29) is 30.4 Å². The fourth-order valence-electron chi connectivity index (χ4n) is 4.55. The lowest BCUT2D eigenvalue weighted by atomic mass is 10.1. The Morgan fingerprint density at radius 2 is 1.97 bits per heavy atom. The van der Waals surface area contributed by atoms with Crippen molar-refractivity contribution in [3.63, 3.8) is 0 Å². The standard InChI is InChI=1S/C23H26F2N4O5/c1-12(2)29-18-5-3-4-15(30)10-27(18)28-11-16(20(31)21(32)19(28)23(29)34)22(33)26-9-13-6-7-14(24)8-17(13)25/h6-8,11-12,15,18,30,32H,3-5,9-10H2,1-2H3,(H,26,33)/t15-,18+/m0/s1. The van der Waals surface area contributed by atoms with E-state index in [1.54, 1.807) is 9.91 Å². The third-order valence-electron chi connectivity index (χ3n) is 6.20. The number of aliphatic hydroxyl groups is 1. The number of aliphatic hydroxyl groups excluding tert-OH is 1. The Bertz CT molecular complexity index is 1200. The van der Waals surface area contributed by atoms with Gasteiger partial charge in [-0.2, -0.15) is 0 Å². The molecule has 1 saturated heterocycles. The van der Waals surface area contributed by atoms with E-state index >= 15 is 0 Å². The van der Waals surface area contributed by atoms with Gasteiger partial charge in [0.2, 0.25) is 5.43 Å². The summed E-state index contributed by atoms with van der Waals surface area (Å²) in [6.45, 7) is 3.44. The zero-order valence-electron chi connectivity index (χ0n) is 18.8. The molecule has 11 heteroatoms. The molecule has 0 radical (unpaired) electrons. The van der Waals surface area contributed by atoms with Crippen LogP contribution in [-0.4, -0.2) is 56.5 Å². The number of nitrogens with one attached hydrogen (secondary N) is 1. The minimum atomic E-state index is -1.05. The van der Waals surface area contributed by atoms with Gasteiger partial charge in [0.1, 0.15) is 23.4 Å². The number of benzene rings is 1. The highest BCUT2D eigenvalue weighted by Gasteiger charge is 2.43. The van der Waals surface area contributed by atoms with Crippen LogP contribution >= 0.6 is 0 Å². The molecule has 182 valence electrons. The predicted octanol–water partition coefficient (Wildman–Crippen LogP) is 1.44. The smallest absolute Gasteiger partial charge is 0.278 e. The Morgan fingerprint density at radius 3 is 2.65 bits per heavy atom. The van der Waals surface area contributed by atoms with E-state index in [9.17, 15) is 33.4 Å². The molecule has 9 nitrogen and oxygen atoms in total. The zero-order valence-corrected chi connectivity index (χ0v) is 18.8. The molecule has 2 aliphatic rings. The highest BCUT2D eigenvalue weighted by molar-refractivity contribution is 5.99. The number of fused-ring (bicyclic) bond motifs is 3. The molecule has 34 heavy (non-hydrogen) atoms. The summed E-state index contributed by atoms with van der Waals surface area (Å²) >= 11 is 0. The Labute approximate surface area is 194 Å². The second-order valence-electron chi connectivity index (χ2n) is 8.83. The molecular formula is C23H26F2N4O5. The summed E-state index contributed by atoms with van der Waals surface area (Å²) in [6.07, 6.45) is 1.75. The summed E-state index contributed by atoms with van der Waals surface area (Å²) in [5.41, 5.74) is -1.78. The molecule has 2 amide bonds. The number of hydrogen-bond donors (Lipinski definition) is 3. The van der Waals surface area contributed by atoms with Crippen LogP contribution in [0.1, 0.15) is 59.5 Å². The molecule has 0 unspecified atom stereocenters. The molecule has 1 aromatic heterocycles. The van der Waals surface area contributed by atoms with Crippen molar-refractivity contribution in [1.82, 2.24) is 14.9 Å². The van der Waals surface area contributed by atoms with Gasteiger partial charge in [-0.05, 0) is 39.2 Å². The number of nitrogens with zero attached hydrogens (tertiary/aromatic N) is 3. The van der Waals surface area contributed by atoms with Crippen LogP contribution in [0.25, 0.3) is 0 Å². The van der Waals surface area contributed by atoms with E-state index in [2.05, 4.69) is 5.32 Å². The van der Waals surface area contributed by atoms with Crippen molar-refractivity contribution in [3.05, 3.63) is 63.1 Å². The van der Waals surface area contributed by atoms with Gasteiger partial charge >= 0.3 is 0 Å². The molecule has 3 heterocycles. The molecule has 1 aromatic carbocycles. The maximum atomic E-state index is 13.9. The third kappa shape index (κ3) is 4.11. The van der Waals surface area contributed by atoms with Crippen molar-refractivity contribution >= 4 is 11.8 Å². The van der Waals surface area contributed by atoms with Gasteiger partial charge in [-0.3, -0.25) is 24.1 Å². The summed E-state index contributed by atoms with van der Waals surface area (Å²) in [5.74, 6) is -3.95. The number of rotatable bonds is 4. The minimum absolute atomic E-state index is 0.00971. The van der Waals surface area contributed by atoms with Crippen LogP contribution in [0.4, 0.5) is 8.78 Å². The highest BCUT2D eigenvalue weighted by Crippen LogP contribution is 2.30. The van der Waals surface area contributed by atoms with Gasteiger partial charge in [-0.25, -0.2) is 8.78 Å². The van der Waals surface area contributed by atoms with Gasteiger partial charge in [0.15, 0.2) is 11.4 Å². The topological polar surface area (TPSA) is 115 Å². The number of hydrogen-bond acceptors (Lipinski definition) is 6. The first-order chi connectivity index (χ1) is 16.1.